The molecule has 2 atom stereocenters. The van der Waals surface area contributed by atoms with Gasteiger partial charge >= 0.3 is 0 Å². The lowest BCUT2D eigenvalue weighted by Crippen LogP contribution is -2.35. The van der Waals surface area contributed by atoms with Gasteiger partial charge < -0.3 is 14.7 Å². The minimum absolute atomic E-state index is 0.0188. The fourth-order valence-electron chi connectivity index (χ4n) is 3.48. The molecule has 9 heteroatoms. The number of pyridine rings is 1. The maximum atomic E-state index is 12.6. The molecule has 1 amide bonds. The normalized spacial score (nSPS) is 19.9. The molecule has 1 fully saturated rings. The summed E-state index contributed by atoms with van der Waals surface area (Å²) in [5.41, 5.74) is 0.844. The van der Waals surface area contributed by atoms with Crippen molar-refractivity contribution in [2.75, 3.05) is 26.7 Å². The van der Waals surface area contributed by atoms with Crippen LogP contribution in [0.3, 0.4) is 0 Å². The van der Waals surface area contributed by atoms with Crippen LogP contribution >= 0.6 is 0 Å². The molecule has 0 unspecified atom stereocenters. The van der Waals surface area contributed by atoms with E-state index in [0.717, 1.165) is 5.56 Å². The second kappa shape index (κ2) is 10.0. The summed E-state index contributed by atoms with van der Waals surface area (Å²) in [6.07, 6.45) is 3.84. The number of amides is 1. The van der Waals surface area contributed by atoms with Crippen molar-refractivity contribution >= 4 is 15.9 Å². The molecule has 1 aliphatic heterocycles. The summed E-state index contributed by atoms with van der Waals surface area (Å²) in [5.74, 6) is 0.285. The number of aromatic nitrogens is 1. The third kappa shape index (κ3) is 5.78. The number of aliphatic hydroxyl groups is 1. The minimum atomic E-state index is -3.69. The molecule has 2 heterocycles. The molecule has 0 saturated carbocycles. The van der Waals surface area contributed by atoms with Gasteiger partial charge in [-0.05, 0) is 48.7 Å². The summed E-state index contributed by atoms with van der Waals surface area (Å²) in [6.45, 7) is 1.03. The predicted octanol–water partition coefficient (Wildman–Crippen LogP) is 1.21. The SMILES string of the molecule is COc1ccc(S(=O)(=O)NC[C@H]2CCN(C(=O)Cc3cccnc3)CC[C@H]2O)cc1. The van der Waals surface area contributed by atoms with Gasteiger partial charge in [0.25, 0.3) is 0 Å². The summed E-state index contributed by atoms with van der Waals surface area (Å²) < 4.78 is 32.7. The third-order valence-corrected chi connectivity index (χ3v) is 6.78. The Hall–Kier alpha value is -2.49. The number of rotatable bonds is 7. The molecule has 2 N–H and O–H groups in total. The molecule has 1 aromatic carbocycles. The average Bonchev–Trinajstić information content (AvgIpc) is 2.94. The number of likely N-dealkylation sites (tertiary alicyclic amines) is 1. The van der Waals surface area contributed by atoms with Crippen LogP contribution in [0, 0.1) is 5.92 Å². The molecule has 8 nitrogen and oxygen atoms in total. The number of nitrogens with zero attached hydrogens (tertiary/aromatic N) is 2. The molecule has 1 aromatic heterocycles. The number of carbonyl (C=O) groups excluding carboxylic acids is 1. The predicted molar refractivity (Wildman–Crippen MR) is 111 cm³/mol. The fourth-order valence-corrected chi connectivity index (χ4v) is 4.58. The number of methoxy groups -OCH3 is 1. The fraction of sp³-hybridized carbons (Fsp3) is 0.429. The molecule has 30 heavy (non-hydrogen) atoms. The van der Waals surface area contributed by atoms with Crippen molar-refractivity contribution in [1.29, 1.82) is 0 Å². The zero-order chi connectivity index (χ0) is 21.6. The molecule has 0 spiro atoms. The molecular weight excluding hydrogens is 406 g/mol. The van der Waals surface area contributed by atoms with E-state index in [2.05, 4.69) is 9.71 Å². The monoisotopic (exact) mass is 433 g/mol. The molecule has 3 rings (SSSR count). The maximum absolute atomic E-state index is 12.6. The second-order valence-corrected chi connectivity index (χ2v) is 9.12. The molecule has 0 bridgehead atoms. The van der Waals surface area contributed by atoms with E-state index in [1.165, 1.54) is 19.2 Å². The molecule has 162 valence electrons. The maximum Gasteiger partial charge on any atom is 0.240 e. The Kier molecular flexibility index (Phi) is 7.41. The Labute approximate surface area is 176 Å². The van der Waals surface area contributed by atoms with E-state index < -0.39 is 16.1 Å². The number of ether oxygens (including phenoxy) is 1. The summed E-state index contributed by atoms with van der Waals surface area (Å²) in [7, 11) is -2.18. The number of nitrogens with one attached hydrogen (secondary N) is 1. The van der Waals surface area contributed by atoms with E-state index in [1.807, 2.05) is 6.07 Å². The Balaban J connectivity index is 1.56. The topological polar surface area (TPSA) is 109 Å². The number of aliphatic hydroxyl groups excluding tert-OH is 1. The number of hydrogen-bond donors (Lipinski definition) is 2. The van der Waals surface area contributed by atoms with Crippen molar-refractivity contribution in [2.45, 2.75) is 30.3 Å². The van der Waals surface area contributed by atoms with Crippen molar-refractivity contribution in [3.63, 3.8) is 0 Å². The second-order valence-electron chi connectivity index (χ2n) is 7.35. The Bertz CT molecular complexity index is 935. The third-order valence-electron chi connectivity index (χ3n) is 5.34. The van der Waals surface area contributed by atoms with Crippen LogP contribution in [-0.4, -0.2) is 62.2 Å². The van der Waals surface area contributed by atoms with Gasteiger partial charge in [-0.2, -0.15) is 0 Å². The van der Waals surface area contributed by atoms with Crippen LogP contribution in [0.15, 0.2) is 53.7 Å². The van der Waals surface area contributed by atoms with E-state index in [-0.39, 0.29) is 29.7 Å². The first-order valence-corrected chi connectivity index (χ1v) is 11.4. The quantitative estimate of drug-likeness (QED) is 0.679. The zero-order valence-electron chi connectivity index (χ0n) is 16.9. The largest absolute Gasteiger partial charge is 0.497 e. The van der Waals surface area contributed by atoms with E-state index in [0.29, 0.717) is 31.7 Å². The summed E-state index contributed by atoms with van der Waals surface area (Å²) in [6, 6.07) is 9.77. The lowest BCUT2D eigenvalue weighted by molar-refractivity contribution is -0.130. The summed E-state index contributed by atoms with van der Waals surface area (Å²) in [4.78, 5) is 18.5. The highest BCUT2D eigenvalue weighted by molar-refractivity contribution is 7.89. The smallest absolute Gasteiger partial charge is 0.240 e. The van der Waals surface area contributed by atoms with E-state index in [4.69, 9.17) is 4.74 Å². The van der Waals surface area contributed by atoms with Crippen molar-refractivity contribution < 1.29 is 23.1 Å². The van der Waals surface area contributed by atoms with Crippen LogP contribution < -0.4 is 9.46 Å². The van der Waals surface area contributed by atoms with Crippen molar-refractivity contribution in [3.05, 3.63) is 54.4 Å². The van der Waals surface area contributed by atoms with Crippen molar-refractivity contribution in [2.24, 2.45) is 5.92 Å². The van der Waals surface area contributed by atoms with Gasteiger partial charge in [0.05, 0.1) is 24.5 Å². The minimum Gasteiger partial charge on any atom is -0.497 e. The number of benzene rings is 1. The zero-order valence-corrected chi connectivity index (χ0v) is 17.7. The molecule has 1 aliphatic rings. The van der Waals surface area contributed by atoms with Crippen molar-refractivity contribution in [3.8, 4) is 5.75 Å². The standard InChI is InChI=1S/C21H27N3O5S/c1-29-18-4-6-19(7-5-18)30(27,28)23-15-17-8-11-24(12-9-20(17)25)21(26)13-16-3-2-10-22-14-16/h2-7,10,14,17,20,23,25H,8-9,11-13,15H2,1H3/t17-,20-/m1/s1. The Morgan fingerprint density at radius 1 is 1.23 bits per heavy atom. The van der Waals surface area contributed by atoms with Crippen LogP contribution in [0.25, 0.3) is 0 Å². The van der Waals surface area contributed by atoms with Crippen molar-refractivity contribution in [1.82, 2.24) is 14.6 Å². The van der Waals surface area contributed by atoms with Crippen LogP contribution in [0.4, 0.5) is 0 Å². The van der Waals surface area contributed by atoms with Gasteiger partial charge in [-0.15, -0.1) is 0 Å². The van der Waals surface area contributed by atoms with E-state index in [1.54, 1.807) is 35.5 Å². The summed E-state index contributed by atoms with van der Waals surface area (Å²) >= 11 is 0. The molecule has 1 saturated heterocycles. The lowest BCUT2D eigenvalue weighted by Gasteiger charge is -2.21. The summed E-state index contributed by atoms with van der Waals surface area (Å²) in [5, 5.41) is 10.5. The lowest BCUT2D eigenvalue weighted by atomic mass is 9.98. The van der Waals surface area contributed by atoms with Gasteiger partial charge in [0.15, 0.2) is 0 Å². The van der Waals surface area contributed by atoms with Gasteiger partial charge in [-0.25, -0.2) is 13.1 Å². The first-order chi connectivity index (χ1) is 14.4. The highest BCUT2D eigenvalue weighted by Crippen LogP contribution is 2.20. The van der Waals surface area contributed by atoms with Crippen LogP contribution in [0.5, 0.6) is 5.75 Å². The van der Waals surface area contributed by atoms with Crippen LogP contribution in [0.2, 0.25) is 0 Å². The number of carbonyl (C=O) groups is 1. The molecule has 2 aromatic rings. The van der Waals surface area contributed by atoms with Crippen LogP contribution in [-0.2, 0) is 21.2 Å². The first-order valence-electron chi connectivity index (χ1n) is 9.87. The van der Waals surface area contributed by atoms with Gasteiger partial charge in [-0.3, -0.25) is 9.78 Å². The Morgan fingerprint density at radius 2 is 1.97 bits per heavy atom. The highest BCUT2D eigenvalue weighted by atomic mass is 32.2. The van der Waals surface area contributed by atoms with Gasteiger partial charge in [0, 0.05) is 37.9 Å². The Morgan fingerprint density at radius 3 is 2.63 bits per heavy atom. The number of sulfonamides is 1. The van der Waals surface area contributed by atoms with Gasteiger partial charge in [0.1, 0.15) is 5.75 Å². The molecule has 0 aliphatic carbocycles. The van der Waals surface area contributed by atoms with Gasteiger partial charge in [-0.1, -0.05) is 6.07 Å². The molecule has 0 radical (unpaired) electrons. The highest BCUT2D eigenvalue weighted by Gasteiger charge is 2.28. The average molecular weight is 434 g/mol. The number of hydrogen-bond acceptors (Lipinski definition) is 6. The van der Waals surface area contributed by atoms with Gasteiger partial charge in [0.2, 0.25) is 15.9 Å². The van der Waals surface area contributed by atoms with E-state index >= 15 is 0 Å². The first kappa shape index (κ1) is 22.2. The molecular formula is C21H27N3O5S. The van der Waals surface area contributed by atoms with E-state index in [9.17, 15) is 18.3 Å². The van der Waals surface area contributed by atoms with Crippen LogP contribution in [0.1, 0.15) is 18.4 Å².